The molecule has 0 bridgehead atoms. The van der Waals surface area contributed by atoms with Crippen LogP contribution in [0.1, 0.15) is 29.6 Å². The molecule has 1 aliphatic heterocycles. The number of rotatable bonds is 5. The number of ketones is 1. The van der Waals surface area contributed by atoms with Gasteiger partial charge in [-0.05, 0) is 19.4 Å². The number of hydrogen-bond acceptors (Lipinski definition) is 5. The van der Waals surface area contributed by atoms with Crippen LogP contribution in [-0.2, 0) is 14.3 Å². The third kappa shape index (κ3) is 4.47. The van der Waals surface area contributed by atoms with Crippen LogP contribution in [-0.4, -0.2) is 35.1 Å². The number of nitrogens with one attached hydrogen (secondary N) is 1. The Morgan fingerprint density at radius 2 is 2.00 bits per heavy atom. The number of carbonyl (C=O) groups excluding carboxylic acids is 3. The molecular formula is C15H16BrNO4. The van der Waals surface area contributed by atoms with Crippen molar-refractivity contribution in [2.45, 2.75) is 30.1 Å². The van der Waals surface area contributed by atoms with Crippen LogP contribution < -0.4 is 5.32 Å². The third-order valence-corrected chi connectivity index (χ3v) is 3.99. The lowest BCUT2D eigenvalue weighted by Crippen LogP contribution is -2.34. The summed E-state index contributed by atoms with van der Waals surface area (Å²) in [5.74, 6) is -1.47. The second-order valence-corrected chi connectivity index (χ2v) is 5.95. The number of ether oxygens (including phenoxy) is 1. The van der Waals surface area contributed by atoms with Crippen molar-refractivity contribution < 1.29 is 19.1 Å². The van der Waals surface area contributed by atoms with E-state index < -0.39 is 22.8 Å². The molecule has 5 nitrogen and oxygen atoms in total. The summed E-state index contributed by atoms with van der Waals surface area (Å²) in [5.41, 5.74) is 0.510. The number of esters is 2. The van der Waals surface area contributed by atoms with Gasteiger partial charge in [-0.1, -0.05) is 46.3 Å². The Morgan fingerprint density at radius 1 is 1.29 bits per heavy atom. The number of alkyl halides is 1. The topological polar surface area (TPSA) is 72.5 Å². The molecule has 0 amide bonds. The molecule has 1 fully saturated rings. The van der Waals surface area contributed by atoms with E-state index in [1.54, 1.807) is 24.3 Å². The lowest BCUT2D eigenvalue weighted by atomic mass is 10.1. The molecule has 1 aromatic rings. The molecule has 1 aliphatic rings. The van der Waals surface area contributed by atoms with Crippen LogP contribution in [0.15, 0.2) is 30.3 Å². The molecule has 0 aliphatic carbocycles. The molecule has 0 saturated carbocycles. The van der Waals surface area contributed by atoms with Crippen molar-refractivity contribution in [3.05, 3.63) is 35.9 Å². The van der Waals surface area contributed by atoms with E-state index in [1.165, 1.54) is 0 Å². The normalized spacial score (nSPS) is 19.0. The van der Waals surface area contributed by atoms with Crippen molar-refractivity contribution in [3.8, 4) is 0 Å². The molecule has 2 rings (SSSR count). The lowest BCUT2D eigenvalue weighted by molar-refractivity contribution is -0.160. The Bertz CT molecular complexity index is 526. The maximum absolute atomic E-state index is 12.1. The smallest absolute Gasteiger partial charge is 0.330 e. The quantitative estimate of drug-likeness (QED) is 0.378. The molecule has 1 N–H and O–H groups in total. The summed E-state index contributed by atoms with van der Waals surface area (Å²) < 4.78 is 4.77. The third-order valence-electron chi connectivity index (χ3n) is 3.25. The fraction of sp³-hybridized carbons (Fsp3) is 0.400. The van der Waals surface area contributed by atoms with Gasteiger partial charge in [0.15, 0.2) is 5.78 Å². The van der Waals surface area contributed by atoms with Gasteiger partial charge in [0.1, 0.15) is 6.04 Å². The lowest BCUT2D eigenvalue weighted by Gasteiger charge is -2.11. The van der Waals surface area contributed by atoms with Crippen molar-refractivity contribution in [2.75, 3.05) is 6.54 Å². The Morgan fingerprint density at radius 3 is 2.62 bits per heavy atom. The predicted octanol–water partition coefficient (Wildman–Crippen LogP) is 1.84. The van der Waals surface area contributed by atoms with E-state index in [4.69, 9.17) is 4.74 Å². The van der Waals surface area contributed by atoms with E-state index in [0.29, 0.717) is 12.0 Å². The van der Waals surface area contributed by atoms with Gasteiger partial charge in [0.05, 0.1) is 11.2 Å². The van der Waals surface area contributed by atoms with Gasteiger partial charge in [-0.3, -0.25) is 9.59 Å². The summed E-state index contributed by atoms with van der Waals surface area (Å²) in [7, 11) is 0. The molecule has 1 saturated heterocycles. The molecule has 1 heterocycles. The van der Waals surface area contributed by atoms with Crippen molar-refractivity contribution in [1.82, 2.24) is 5.32 Å². The molecule has 0 radical (unpaired) electrons. The maximum atomic E-state index is 12.1. The van der Waals surface area contributed by atoms with Gasteiger partial charge in [-0.15, -0.1) is 0 Å². The summed E-state index contributed by atoms with van der Waals surface area (Å²) in [6.07, 6.45) is 1.39. The van der Waals surface area contributed by atoms with Crippen LogP contribution in [0.2, 0.25) is 0 Å². The van der Waals surface area contributed by atoms with Gasteiger partial charge in [0.2, 0.25) is 0 Å². The number of Topliss-reactive ketones (excluding diaryl/α,β-unsaturated/α-hetero) is 1. The van der Waals surface area contributed by atoms with Gasteiger partial charge < -0.3 is 10.1 Å². The molecule has 21 heavy (non-hydrogen) atoms. The van der Waals surface area contributed by atoms with E-state index in [1.807, 2.05) is 6.07 Å². The fourth-order valence-electron chi connectivity index (χ4n) is 2.13. The minimum Gasteiger partial charge on any atom is -0.392 e. The van der Waals surface area contributed by atoms with E-state index in [-0.39, 0.29) is 12.2 Å². The molecule has 112 valence electrons. The number of hydrogen-bond donors (Lipinski definition) is 1. The monoisotopic (exact) mass is 353 g/mol. The van der Waals surface area contributed by atoms with Crippen LogP contribution in [0.5, 0.6) is 0 Å². The molecule has 1 unspecified atom stereocenters. The van der Waals surface area contributed by atoms with Crippen molar-refractivity contribution in [1.29, 1.82) is 0 Å². The zero-order chi connectivity index (χ0) is 15.2. The predicted molar refractivity (Wildman–Crippen MR) is 80.2 cm³/mol. The Labute approximate surface area is 131 Å². The van der Waals surface area contributed by atoms with Crippen molar-refractivity contribution in [3.63, 3.8) is 0 Å². The second-order valence-electron chi connectivity index (χ2n) is 4.84. The first-order chi connectivity index (χ1) is 10.1. The van der Waals surface area contributed by atoms with Gasteiger partial charge >= 0.3 is 11.9 Å². The number of halogens is 1. The summed E-state index contributed by atoms with van der Waals surface area (Å²) >= 11 is 3.18. The summed E-state index contributed by atoms with van der Waals surface area (Å²) in [4.78, 5) is 34.7. The average molecular weight is 354 g/mol. The first kappa shape index (κ1) is 15.9. The highest BCUT2D eigenvalue weighted by Crippen LogP contribution is 2.15. The number of benzene rings is 1. The van der Waals surface area contributed by atoms with Crippen LogP contribution >= 0.6 is 15.9 Å². The van der Waals surface area contributed by atoms with Crippen LogP contribution in [0, 0.1) is 0 Å². The first-order valence-electron chi connectivity index (χ1n) is 6.79. The van der Waals surface area contributed by atoms with E-state index in [2.05, 4.69) is 21.2 Å². The highest BCUT2D eigenvalue weighted by Gasteiger charge is 2.27. The van der Waals surface area contributed by atoms with Gasteiger partial charge in [-0.2, -0.15) is 0 Å². The van der Waals surface area contributed by atoms with E-state index >= 15 is 0 Å². The first-order valence-corrected chi connectivity index (χ1v) is 7.70. The molecule has 0 spiro atoms. The highest BCUT2D eigenvalue weighted by molar-refractivity contribution is 9.10. The summed E-state index contributed by atoms with van der Waals surface area (Å²) in [5, 5.41) is 2.96. The second kappa shape index (κ2) is 7.47. The minimum atomic E-state index is -0.697. The molecule has 0 aromatic heterocycles. The Balaban J connectivity index is 1.84. The fourth-order valence-corrected chi connectivity index (χ4v) is 2.66. The SMILES string of the molecule is O=C(CC(Br)C(=O)c1ccccc1)OC(=O)[C@@H]1CCCN1. The molecule has 2 atom stereocenters. The van der Waals surface area contributed by atoms with Gasteiger partial charge in [0, 0.05) is 5.56 Å². The standard InChI is InChI=1S/C15H16BrNO4/c16-11(14(19)10-5-2-1-3-6-10)9-13(18)21-15(20)12-7-4-8-17-12/h1-3,5-6,11-12,17H,4,7-9H2/t11?,12-/m0/s1. The van der Waals surface area contributed by atoms with Crippen LogP contribution in [0.3, 0.4) is 0 Å². The zero-order valence-corrected chi connectivity index (χ0v) is 13.0. The summed E-state index contributed by atoms with van der Waals surface area (Å²) in [6.45, 7) is 0.752. The van der Waals surface area contributed by atoms with Gasteiger partial charge in [-0.25, -0.2) is 4.79 Å². The average Bonchev–Trinajstić information content (AvgIpc) is 3.01. The van der Waals surface area contributed by atoms with Crippen LogP contribution in [0.25, 0.3) is 0 Å². The Kier molecular flexibility index (Phi) is 5.64. The molecule has 6 heteroatoms. The maximum Gasteiger partial charge on any atom is 0.330 e. The highest BCUT2D eigenvalue weighted by atomic mass is 79.9. The number of carbonyl (C=O) groups is 3. The van der Waals surface area contributed by atoms with Crippen molar-refractivity contribution >= 4 is 33.7 Å². The minimum absolute atomic E-state index is 0.174. The molecular weight excluding hydrogens is 338 g/mol. The Hall–Kier alpha value is -1.53. The largest absolute Gasteiger partial charge is 0.392 e. The van der Waals surface area contributed by atoms with E-state index in [0.717, 1.165) is 13.0 Å². The molecule has 1 aromatic carbocycles. The summed E-state index contributed by atoms with van der Waals surface area (Å²) in [6, 6.07) is 8.25. The zero-order valence-electron chi connectivity index (χ0n) is 11.4. The van der Waals surface area contributed by atoms with Crippen LogP contribution in [0.4, 0.5) is 0 Å². The van der Waals surface area contributed by atoms with E-state index in [9.17, 15) is 14.4 Å². The van der Waals surface area contributed by atoms with Gasteiger partial charge in [0.25, 0.3) is 0 Å². The van der Waals surface area contributed by atoms with Crippen molar-refractivity contribution in [2.24, 2.45) is 0 Å².